The van der Waals surface area contributed by atoms with E-state index in [0.717, 1.165) is 5.52 Å². The number of esters is 1. The Morgan fingerprint density at radius 3 is 3.08 bits per heavy atom. The molecule has 0 radical (unpaired) electrons. The van der Waals surface area contributed by atoms with Crippen LogP contribution in [0, 0.1) is 0 Å². The summed E-state index contributed by atoms with van der Waals surface area (Å²) in [5, 5.41) is 4.00. The quantitative estimate of drug-likeness (QED) is 0.611. The molecule has 0 aromatic carbocycles. The summed E-state index contributed by atoms with van der Waals surface area (Å²) in [4.78, 5) is 11.2. The van der Waals surface area contributed by atoms with E-state index >= 15 is 0 Å². The number of fused-ring (bicyclic) bond motifs is 1. The van der Waals surface area contributed by atoms with Gasteiger partial charge in [-0.1, -0.05) is 6.07 Å². The maximum absolute atomic E-state index is 11.2. The number of pyridine rings is 1. The molecule has 2 heterocycles. The predicted molar refractivity (Wildman–Crippen MR) is 46.5 cm³/mol. The van der Waals surface area contributed by atoms with Gasteiger partial charge in [0.2, 0.25) is 0 Å². The summed E-state index contributed by atoms with van der Waals surface area (Å²) in [5.74, 6) is -0.380. The molecule has 0 atom stereocenters. The summed E-state index contributed by atoms with van der Waals surface area (Å²) in [7, 11) is 1.35. The molecule has 13 heavy (non-hydrogen) atoms. The monoisotopic (exact) mass is 176 g/mol. The number of rotatable bonds is 1. The summed E-state index contributed by atoms with van der Waals surface area (Å²) in [6, 6.07) is 7.17. The molecule has 0 saturated heterocycles. The van der Waals surface area contributed by atoms with Crippen LogP contribution in [0.2, 0.25) is 0 Å². The fourth-order valence-electron chi connectivity index (χ4n) is 1.21. The third kappa shape index (κ3) is 1.16. The molecule has 0 fully saturated rings. The number of ether oxygens (including phenoxy) is 1. The van der Waals surface area contributed by atoms with Crippen LogP contribution in [0.1, 0.15) is 10.5 Å². The van der Waals surface area contributed by atoms with Crippen molar-refractivity contribution in [3.8, 4) is 0 Å². The molecule has 2 rings (SSSR count). The van der Waals surface area contributed by atoms with E-state index in [1.54, 1.807) is 22.8 Å². The highest BCUT2D eigenvalue weighted by Crippen LogP contribution is 2.06. The lowest BCUT2D eigenvalue weighted by Gasteiger charge is -2.01. The van der Waals surface area contributed by atoms with E-state index in [1.807, 2.05) is 12.1 Å². The van der Waals surface area contributed by atoms with Gasteiger partial charge in [-0.25, -0.2) is 9.31 Å². The summed E-state index contributed by atoms with van der Waals surface area (Å²) < 4.78 is 6.16. The number of nitrogens with zero attached hydrogens (tertiary/aromatic N) is 2. The topological polar surface area (TPSA) is 43.6 Å². The number of carbonyl (C=O) groups excluding carboxylic acids is 1. The van der Waals surface area contributed by atoms with Gasteiger partial charge in [0.1, 0.15) is 0 Å². The minimum absolute atomic E-state index is 0.380. The number of hydrogen-bond donors (Lipinski definition) is 0. The molecule has 0 amide bonds. The van der Waals surface area contributed by atoms with E-state index in [2.05, 4.69) is 9.84 Å². The van der Waals surface area contributed by atoms with Crippen LogP contribution in [0.3, 0.4) is 0 Å². The molecule has 0 spiro atoms. The van der Waals surface area contributed by atoms with Gasteiger partial charge in [-0.05, 0) is 18.2 Å². The smallest absolute Gasteiger partial charge is 0.356 e. The maximum atomic E-state index is 11.2. The normalized spacial score (nSPS) is 10.2. The molecule has 2 aromatic heterocycles. The van der Waals surface area contributed by atoms with Gasteiger partial charge in [-0.15, -0.1) is 0 Å². The first-order valence-electron chi connectivity index (χ1n) is 3.84. The Kier molecular flexibility index (Phi) is 1.73. The van der Waals surface area contributed by atoms with Gasteiger partial charge in [0.05, 0.1) is 18.8 Å². The van der Waals surface area contributed by atoms with Crippen LogP contribution in [0.15, 0.2) is 30.5 Å². The molecule has 4 nitrogen and oxygen atoms in total. The minimum atomic E-state index is -0.380. The van der Waals surface area contributed by atoms with Crippen LogP contribution in [0.25, 0.3) is 5.52 Å². The van der Waals surface area contributed by atoms with Gasteiger partial charge >= 0.3 is 5.97 Å². The van der Waals surface area contributed by atoms with Crippen LogP contribution in [-0.2, 0) is 4.74 Å². The summed E-state index contributed by atoms with van der Waals surface area (Å²) in [5.41, 5.74) is 1.31. The second kappa shape index (κ2) is 2.90. The van der Waals surface area contributed by atoms with Crippen molar-refractivity contribution in [1.29, 1.82) is 0 Å². The van der Waals surface area contributed by atoms with E-state index in [4.69, 9.17) is 0 Å². The van der Waals surface area contributed by atoms with Gasteiger partial charge in [-0.3, -0.25) is 0 Å². The average Bonchev–Trinajstić information content (AvgIpc) is 2.63. The minimum Gasteiger partial charge on any atom is -0.464 e. The second-order valence-electron chi connectivity index (χ2n) is 2.57. The van der Waals surface area contributed by atoms with Crippen LogP contribution in [0.4, 0.5) is 0 Å². The van der Waals surface area contributed by atoms with Gasteiger partial charge in [0, 0.05) is 0 Å². The SMILES string of the molecule is COC(=O)c1cccc2ccnn12. The molecule has 2 aromatic rings. The highest BCUT2D eigenvalue weighted by Gasteiger charge is 2.09. The molecule has 4 heteroatoms. The summed E-state index contributed by atoms with van der Waals surface area (Å²) in [6.45, 7) is 0. The highest BCUT2D eigenvalue weighted by atomic mass is 16.5. The van der Waals surface area contributed by atoms with Gasteiger partial charge in [-0.2, -0.15) is 5.10 Å². The largest absolute Gasteiger partial charge is 0.464 e. The molecule has 0 aliphatic rings. The van der Waals surface area contributed by atoms with Crippen molar-refractivity contribution in [2.75, 3.05) is 7.11 Å². The predicted octanol–water partition coefficient (Wildman–Crippen LogP) is 1.12. The Labute approximate surface area is 74.7 Å². The van der Waals surface area contributed by atoms with E-state index in [0.29, 0.717) is 5.69 Å². The fourth-order valence-corrected chi connectivity index (χ4v) is 1.21. The van der Waals surface area contributed by atoms with Crippen molar-refractivity contribution >= 4 is 11.5 Å². The molecule has 0 saturated carbocycles. The average molecular weight is 176 g/mol. The number of hydrogen-bond acceptors (Lipinski definition) is 3. The number of methoxy groups -OCH3 is 1. The molecule has 0 aliphatic carbocycles. The Hall–Kier alpha value is -1.84. The van der Waals surface area contributed by atoms with Gasteiger partial charge in [0.25, 0.3) is 0 Å². The molecule has 0 N–H and O–H groups in total. The Morgan fingerprint density at radius 1 is 1.46 bits per heavy atom. The maximum Gasteiger partial charge on any atom is 0.356 e. The molecular weight excluding hydrogens is 168 g/mol. The van der Waals surface area contributed by atoms with Gasteiger partial charge < -0.3 is 4.74 Å². The van der Waals surface area contributed by atoms with Crippen molar-refractivity contribution in [2.45, 2.75) is 0 Å². The molecule has 66 valence electrons. The zero-order valence-corrected chi connectivity index (χ0v) is 7.10. The molecule has 0 bridgehead atoms. The van der Waals surface area contributed by atoms with Gasteiger partial charge in [0.15, 0.2) is 5.69 Å². The van der Waals surface area contributed by atoms with Crippen molar-refractivity contribution < 1.29 is 9.53 Å². The van der Waals surface area contributed by atoms with Crippen molar-refractivity contribution in [2.24, 2.45) is 0 Å². The Morgan fingerprint density at radius 2 is 2.31 bits per heavy atom. The van der Waals surface area contributed by atoms with E-state index < -0.39 is 0 Å². The third-order valence-corrected chi connectivity index (χ3v) is 1.82. The zero-order valence-electron chi connectivity index (χ0n) is 7.10. The first kappa shape index (κ1) is 7.79. The zero-order chi connectivity index (χ0) is 9.26. The van der Waals surface area contributed by atoms with Crippen molar-refractivity contribution in [1.82, 2.24) is 9.61 Å². The standard InChI is InChI=1S/C9H8N2O2/c1-13-9(12)8-4-2-3-7-5-6-10-11(7)8/h2-6H,1H3. The summed E-state index contributed by atoms with van der Waals surface area (Å²) in [6.07, 6.45) is 1.64. The second-order valence-corrected chi connectivity index (χ2v) is 2.57. The molecule has 0 unspecified atom stereocenters. The fraction of sp³-hybridized carbons (Fsp3) is 0.111. The third-order valence-electron chi connectivity index (χ3n) is 1.82. The highest BCUT2D eigenvalue weighted by molar-refractivity contribution is 5.88. The van der Waals surface area contributed by atoms with E-state index in [-0.39, 0.29) is 5.97 Å². The van der Waals surface area contributed by atoms with E-state index in [1.165, 1.54) is 7.11 Å². The Bertz CT molecular complexity index is 448. The molecule has 0 aliphatic heterocycles. The molecular formula is C9H8N2O2. The Balaban J connectivity index is 2.67. The van der Waals surface area contributed by atoms with Crippen LogP contribution >= 0.6 is 0 Å². The van der Waals surface area contributed by atoms with E-state index in [9.17, 15) is 4.79 Å². The van der Waals surface area contributed by atoms with Crippen LogP contribution < -0.4 is 0 Å². The lowest BCUT2D eigenvalue weighted by molar-refractivity contribution is 0.0591. The lowest BCUT2D eigenvalue weighted by Crippen LogP contribution is -2.08. The van der Waals surface area contributed by atoms with Crippen LogP contribution in [0.5, 0.6) is 0 Å². The first-order chi connectivity index (χ1) is 6.33. The van der Waals surface area contributed by atoms with Crippen molar-refractivity contribution in [3.63, 3.8) is 0 Å². The van der Waals surface area contributed by atoms with Crippen molar-refractivity contribution in [3.05, 3.63) is 36.2 Å². The van der Waals surface area contributed by atoms with Crippen LogP contribution in [-0.4, -0.2) is 22.7 Å². The summed E-state index contributed by atoms with van der Waals surface area (Å²) >= 11 is 0. The number of carbonyl (C=O) groups is 1. The first-order valence-corrected chi connectivity index (χ1v) is 3.84. The lowest BCUT2D eigenvalue weighted by atomic mass is 10.3. The number of aromatic nitrogens is 2.